The van der Waals surface area contributed by atoms with Crippen molar-refractivity contribution in [2.75, 3.05) is 0 Å². The van der Waals surface area contributed by atoms with Crippen LogP contribution in [0.4, 0.5) is 0 Å². The first kappa shape index (κ1) is 13.3. The number of hydrogen-bond donors (Lipinski definition) is 0. The molecular formula is C12H7Br2ClOS. The molecule has 88 valence electrons. The molecule has 0 aliphatic heterocycles. The van der Waals surface area contributed by atoms with Gasteiger partial charge in [-0.1, -0.05) is 27.5 Å². The predicted octanol–water partition coefficient (Wildman–Crippen LogP) is 5.47. The quantitative estimate of drug-likeness (QED) is 0.618. The summed E-state index contributed by atoms with van der Waals surface area (Å²) in [6.45, 7) is 1.97. The zero-order chi connectivity index (χ0) is 12.6. The van der Waals surface area contributed by atoms with Crippen LogP contribution in [0.3, 0.4) is 0 Å². The Hall–Kier alpha value is -0.160. The highest BCUT2D eigenvalue weighted by Gasteiger charge is 2.16. The summed E-state index contributed by atoms with van der Waals surface area (Å²) in [5, 5.41) is 0.473. The summed E-state index contributed by atoms with van der Waals surface area (Å²) in [7, 11) is 0. The van der Waals surface area contributed by atoms with Crippen LogP contribution in [0.1, 0.15) is 20.1 Å². The summed E-state index contributed by atoms with van der Waals surface area (Å²) in [6.07, 6.45) is 0. The SMILES string of the molecule is Cc1sc(C(=O)c2cc(Br)ccc2Cl)cc1Br. The summed E-state index contributed by atoms with van der Waals surface area (Å²) in [4.78, 5) is 14.0. The first-order valence-electron chi connectivity index (χ1n) is 4.74. The van der Waals surface area contributed by atoms with E-state index in [0.29, 0.717) is 15.5 Å². The van der Waals surface area contributed by atoms with Gasteiger partial charge in [0.05, 0.1) is 9.90 Å². The molecule has 0 amide bonds. The maximum Gasteiger partial charge on any atom is 0.204 e. The van der Waals surface area contributed by atoms with Crippen molar-refractivity contribution in [3.63, 3.8) is 0 Å². The van der Waals surface area contributed by atoms with Gasteiger partial charge >= 0.3 is 0 Å². The number of ketones is 1. The van der Waals surface area contributed by atoms with Gasteiger partial charge in [-0.15, -0.1) is 11.3 Å². The zero-order valence-corrected chi connectivity index (χ0v) is 13.5. The second-order valence-corrected chi connectivity index (χ2v) is 6.90. The van der Waals surface area contributed by atoms with Crippen LogP contribution in [-0.4, -0.2) is 5.78 Å². The molecule has 0 saturated heterocycles. The molecule has 0 unspecified atom stereocenters. The molecule has 2 rings (SSSR count). The van der Waals surface area contributed by atoms with E-state index >= 15 is 0 Å². The summed E-state index contributed by atoms with van der Waals surface area (Å²) >= 11 is 14.2. The standard InChI is InChI=1S/C12H7Br2ClOS/c1-6-9(14)5-11(17-6)12(16)8-4-7(13)2-3-10(8)15/h2-5H,1H3. The van der Waals surface area contributed by atoms with Crippen LogP contribution in [0.5, 0.6) is 0 Å². The van der Waals surface area contributed by atoms with Crippen molar-refractivity contribution < 1.29 is 4.79 Å². The number of rotatable bonds is 2. The lowest BCUT2D eigenvalue weighted by atomic mass is 10.1. The zero-order valence-electron chi connectivity index (χ0n) is 8.76. The average Bonchev–Trinajstić information content (AvgIpc) is 2.62. The Morgan fingerprint density at radius 3 is 2.59 bits per heavy atom. The molecule has 0 saturated carbocycles. The molecule has 17 heavy (non-hydrogen) atoms. The molecule has 1 heterocycles. The third-order valence-corrected chi connectivity index (χ3v) is 5.21. The minimum Gasteiger partial charge on any atom is -0.288 e. The van der Waals surface area contributed by atoms with Gasteiger partial charge in [0.2, 0.25) is 5.78 Å². The van der Waals surface area contributed by atoms with Gasteiger partial charge in [-0.3, -0.25) is 4.79 Å². The lowest BCUT2D eigenvalue weighted by Crippen LogP contribution is -1.99. The second-order valence-electron chi connectivity index (χ2n) is 3.47. The number of thiophene rings is 1. The van der Waals surface area contributed by atoms with Crippen molar-refractivity contribution in [3.8, 4) is 0 Å². The lowest BCUT2D eigenvalue weighted by Gasteiger charge is -2.02. The molecule has 0 N–H and O–H groups in total. The summed E-state index contributed by atoms with van der Waals surface area (Å²) in [5.74, 6) is -0.0462. The van der Waals surface area contributed by atoms with Gasteiger partial charge in [0.25, 0.3) is 0 Å². The molecular weight excluding hydrogens is 387 g/mol. The van der Waals surface area contributed by atoms with E-state index in [-0.39, 0.29) is 5.78 Å². The highest BCUT2D eigenvalue weighted by atomic mass is 79.9. The van der Waals surface area contributed by atoms with Crippen molar-refractivity contribution in [2.24, 2.45) is 0 Å². The van der Waals surface area contributed by atoms with Crippen molar-refractivity contribution >= 4 is 60.6 Å². The Labute approximate surface area is 125 Å². The van der Waals surface area contributed by atoms with Gasteiger partial charge in [0.15, 0.2) is 0 Å². The van der Waals surface area contributed by atoms with Crippen LogP contribution < -0.4 is 0 Å². The molecule has 1 nitrogen and oxygen atoms in total. The first-order chi connectivity index (χ1) is 7.99. The summed E-state index contributed by atoms with van der Waals surface area (Å²) in [5.41, 5.74) is 0.523. The van der Waals surface area contributed by atoms with Gasteiger partial charge in [0.1, 0.15) is 0 Å². The van der Waals surface area contributed by atoms with Crippen LogP contribution in [0, 0.1) is 6.92 Å². The van der Waals surface area contributed by atoms with E-state index < -0.39 is 0 Å². The minimum absolute atomic E-state index is 0.0462. The maximum atomic E-state index is 12.3. The van der Waals surface area contributed by atoms with Crippen molar-refractivity contribution in [1.82, 2.24) is 0 Å². The molecule has 2 aromatic rings. The number of hydrogen-bond acceptors (Lipinski definition) is 2. The van der Waals surface area contributed by atoms with Gasteiger partial charge in [-0.2, -0.15) is 0 Å². The van der Waals surface area contributed by atoms with Crippen LogP contribution in [0.15, 0.2) is 33.2 Å². The molecule has 0 aliphatic carbocycles. The maximum absolute atomic E-state index is 12.3. The first-order valence-corrected chi connectivity index (χ1v) is 7.53. The molecule has 0 fully saturated rings. The Bertz CT molecular complexity index is 573. The molecule has 1 aromatic heterocycles. The lowest BCUT2D eigenvalue weighted by molar-refractivity contribution is 0.104. The van der Waals surface area contributed by atoms with Crippen LogP contribution >= 0.6 is 54.8 Å². The molecule has 0 bridgehead atoms. The van der Waals surface area contributed by atoms with Gasteiger partial charge in [0, 0.05) is 19.4 Å². The third-order valence-electron chi connectivity index (χ3n) is 2.25. The van der Waals surface area contributed by atoms with Crippen molar-refractivity contribution in [1.29, 1.82) is 0 Å². The highest BCUT2D eigenvalue weighted by molar-refractivity contribution is 9.10. The monoisotopic (exact) mass is 392 g/mol. The van der Waals surface area contributed by atoms with Crippen LogP contribution in [-0.2, 0) is 0 Å². The summed E-state index contributed by atoms with van der Waals surface area (Å²) < 4.78 is 1.80. The molecule has 0 aliphatic rings. The van der Waals surface area contributed by atoms with Gasteiger partial charge < -0.3 is 0 Å². The number of carbonyl (C=O) groups is 1. The van der Waals surface area contributed by atoms with Gasteiger partial charge in [-0.25, -0.2) is 0 Å². The Balaban J connectivity index is 2.47. The van der Waals surface area contributed by atoms with E-state index in [1.54, 1.807) is 12.1 Å². The average molecular weight is 395 g/mol. The Morgan fingerprint density at radius 2 is 2.00 bits per heavy atom. The minimum atomic E-state index is -0.0462. The fourth-order valence-electron chi connectivity index (χ4n) is 1.38. The highest BCUT2D eigenvalue weighted by Crippen LogP contribution is 2.30. The van der Waals surface area contributed by atoms with E-state index in [2.05, 4.69) is 31.9 Å². The predicted molar refractivity (Wildman–Crippen MR) is 79.3 cm³/mol. The Morgan fingerprint density at radius 1 is 1.29 bits per heavy atom. The van der Waals surface area contributed by atoms with E-state index in [4.69, 9.17) is 11.6 Å². The fraction of sp³-hybridized carbons (Fsp3) is 0.0833. The van der Waals surface area contributed by atoms with Gasteiger partial charge in [-0.05, 0) is 47.1 Å². The van der Waals surface area contributed by atoms with Crippen LogP contribution in [0.25, 0.3) is 0 Å². The molecule has 0 radical (unpaired) electrons. The molecule has 5 heteroatoms. The largest absolute Gasteiger partial charge is 0.288 e. The smallest absolute Gasteiger partial charge is 0.204 e. The van der Waals surface area contributed by atoms with Crippen molar-refractivity contribution in [3.05, 3.63) is 53.6 Å². The number of halogens is 3. The van der Waals surface area contributed by atoms with E-state index in [1.165, 1.54) is 11.3 Å². The second kappa shape index (κ2) is 5.22. The number of carbonyl (C=O) groups excluding carboxylic acids is 1. The molecule has 1 aromatic carbocycles. The van der Waals surface area contributed by atoms with Crippen LogP contribution in [0.2, 0.25) is 5.02 Å². The molecule has 0 atom stereocenters. The number of benzene rings is 1. The summed E-state index contributed by atoms with van der Waals surface area (Å²) in [6, 6.07) is 7.11. The third kappa shape index (κ3) is 2.81. The normalized spacial score (nSPS) is 10.6. The van der Waals surface area contributed by atoms with E-state index in [9.17, 15) is 4.79 Å². The Kier molecular flexibility index (Phi) is 4.08. The number of aryl methyl sites for hydroxylation is 1. The fourth-order valence-corrected chi connectivity index (χ4v) is 3.43. The topological polar surface area (TPSA) is 17.1 Å². The molecule has 0 spiro atoms. The van der Waals surface area contributed by atoms with E-state index in [1.807, 2.05) is 19.1 Å². The van der Waals surface area contributed by atoms with E-state index in [0.717, 1.165) is 13.8 Å². The van der Waals surface area contributed by atoms with Crippen molar-refractivity contribution in [2.45, 2.75) is 6.92 Å².